The maximum Gasteiger partial charge on any atom is 0.210 e. The fourth-order valence-corrected chi connectivity index (χ4v) is 2.98. The van der Waals surface area contributed by atoms with Gasteiger partial charge in [0.05, 0.1) is 6.04 Å². The molecule has 6 heteroatoms. The summed E-state index contributed by atoms with van der Waals surface area (Å²) in [6, 6.07) is 0.425. The Labute approximate surface area is 98.9 Å². The molecular weight excluding hydrogens is 224 g/mol. The number of nitrogens with one attached hydrogen (secondary N) is 1. The zero-order valence-electron chi connectivity index (χ0n) is 9.51. The molecule has 1 aromatic rings. The molecule has 0 aliphatic carbocycles. The normalized spacial score (nSPS) is 33.5. The van der Waals surface area contributed by atoms with E-state index < -0.39 is 0 Å². The fraction of sp³-hybridized carbons (Fsp3) is 0.800. The van der Waals surface area contributed by atoms with Crippen molar-refractivity contribution in [1.29, 1.82) is 0 Å². The van der Waals surface area contributed by atoms with Crippen molar-refractivity contribution in [3.05, 3.63) is 5.82 Å². The van der Waals surface area contributed by atoms with Crippen molar-refractivity contribution in [2.75, 3.05) is 12.0 Å². The lowest BCUT2D eigenvalue weighted by Crippen LogP contribution is -2.38. The molecule has 88 valence electrons. The molecule has 0 aromatic carbocycles. The topological polar surface area (TPSA) is 52.0 Å². The standard InChI is InChI=1S/C10H16N4OS/c1-6-7(2)16-10-12-11-9(14(10)13-6)8-4-3-5-15-8/h6-8,13H,3-5H2,1-2H3. The Kier molecular flexibility index (Phi) is 2.55. The molecule has 1 fully saturated rings. The molecule has 0 spiro atoms. The van der Waals surface area contributed by atoms with Crippen LogP contribution in [0.4, 0.5) is 0 Å². The van der Waals surface area contributed by atoms with Gasteiger partial charge >= 0.3 is 0 Å². The molecule has 0 radical (unpaired) electrons. The van der Waals surface area contributed by atoms with Gasteiger partial charge in [-0.2, -0.15) is 0 Å². The van der Waals surface area contributed by atoms with Crippen LogP contribution in [0.3, 0.4) is 0 Å². The largest absolute Gasteiger partial charge is 0.370 e. The molecule has 3 rings (SSSR count). The van der Waals surface area contributed by atoms with E-state index >= 15 is 0 Å². The van der Waals surface area contributed by atoms with Crippen LogP contribution in [0.25, 0.3) is 0 Å². The van der Waals surface area contributed by atoms with Gasteiger partial charge in [0.2, 0.25) is 5.16 Å². The van der Waals surface area contributed by atoms with Crippen LogP contribution in [-0.4, -0.2) is 32.8 Å². The lowest BCUT2D eigenvalue weighted by molar-refractivity contribution is 0.102. The van der Waals surface area contributed by atoms with Gasteiger partial charge in [-0.1, -0.05) is 18.7 Å². The average molecular weight is 240 g/mol. The molecule has 0 saturated carbocycles. The Bertz CT molecular complexity index is 388. The second-order valence-electron chi connectivity index (χ2n) is 4.42. The van der Waals surface area contributed by atoms with E-state index in [9.17, 15) is 0 Å². The predicted molar refractivity (Wildman–Crippen MR) is 62.1 cm³/mol. The van der Waals surface area contributed by atoms with Crippen LogP contribution in [0.15, 0.2) is 5.16 Å². The smallest absolute Gasteiger partial charge is 0.210 e. The van der Waals surface area contributed by atoms with Gasteiger partial charge in [-0.3, -0.25) is 0 Å². The number of fused-ring (bicyclic) bond motifs is 1. The zero-order valence-corrected chi connectivity index (χ0v) is 10.3. The minimum atomic E-state index is 0.120. The van der Waals surface area contributed by atoms with Gasteiger partial charge < -0.3 is 10.2 Å². The summed E-state index contributed by atoms with van der Waals surface area (Å²) in [5, 5.41) is 9.95. The van der Waals surface area contributed by atoms with E-state index in [4.69, 9.17) is 4.74 Å². The van der Waals surface area contributed by atoms with Crippen LogP contribution >= 0.6 is 11.8 Å². The first-order valence-corrected chi connectivity index (χ1v) is 6.64. The van der Waals surface area contributed by atoms with Crippen LogP contribution in [0.2, 0.25) is 0 Å². The molecule has 16 heavy (non-hydrogen) atoms. The van der Waals surface area contributed by atoms with Gasteiger partial charge in [0.1, 0.15) is 6.10 Å². The first-order valence-electron chi connectivity index (χ1n) is 5.76. The molecule has 1 saturated heterocycles. The highest BCUT2D eigenvalue weighted by atomic mass is 32.2. The summed E-state index contributed by atoms with van der Waals surface area (Å²) >= 11 is 1.77. The molecule has 0 amide bonds. The number of aromatic nitrogens is 3. The lowest BCUT2D eigenvalue weighted by atomic mass is 10.2. The molecular formula is C10H16N4OS. The maximum absolute atomic E-state index is 5.65. The fourth-order valence-electron chi connectivity index (χ4n) is 2.05. The molecule has 1 N–H and O–H groups in total. The van der Waals surface area contributed by atoms with Crippen molar-refractivity contribution in [1.82, 2.24) is 14.9 Å². The van der Waals surface area contributed by atoms with Gasteiger partial charge in [0.15, 0.2) is 5.82 Å². The summed E-state index contributed by atoms with van der Waals surface area (Å²) in [5.41, 5.74) is 3.43. The molecule has 1 aromatic heterocycles. The zero-order chi connectivity index (χ0) is 11.1. The summed E-state index contributed by atoms with van der Waals surface area (Å²) in [6.45, 7) is 5.22. The molecule has 5 nitrogen and oxygen atoms in total. The number of hydrogen-bond donors (Lipinski definition) is 1. The van der Waals surface area contributed by atoms with Crippen molar-refractivity contribution < 1.29 is 4.74 Å². The van der Waals surface area contributed by atoms with E-state index in [2.05, 4.69) is 29.5 Å². The molecule has 2 aliphatic heterocycles. The van der Waals surface area contributed by atoms with Crippen LogP contribution in [0, 0.1) is 0 Å². The Morgan fingerprint density at radius 3 is 3.06 bits per heavy atom. The van der Waals surface area contributed by atoms with E-state index in [-0.39, 0.29) is 6.10 Å². The SMILES string of the molecule is CC1Nn2c(nnc2C2CCCO2)SC1C. The van der Waals surface area contributed by atoms with Gasteiger partial charge in [-0.05, 0) is 19.8 Å². The minimum Gasteiger partial charge on any atom is -0.370 e. The predicted octanol–water partition coefficient (Wildman–Crippen LogP) is 1.56. The van der Waals surface area contributed by atoms with Crippen LogP contribution in [-0.2, 0) is 4.74 Å². The number of ether oxygens (including phenoxy) is 1. The van der Waals surface area contributed by atoms with Gasteiger partial charge in [0, 0.05) is 11.9 Å². The highest BCUT2D eigenvalue weighted by Crippen LogP contribution is 2.33. The second kappa shape index (κ2) is 3.92. The average Bonchev–Trinajstić information content (AvgIpc) is 2.87. The van der Waals surface area contributed by atoms with Gasteiger partial charge in [0.25, 0.3) is 0 Å². The molecule has 3 unspecified atom stereocenters. The molecule has 0 bridgehead atoms. The molecule has 3 heterocycles. The third-order valence-corrected chi connectivity index (χ3v) is 4.46. The van der Waals surface area contributed by atoms with Crippen molar-refractivity contribution in [3.63, 3.8) is 0 Å². The monoisotopic (exact) mass is 240 g/mol. The summed E-state index contributed by atoms with van der Waals surface area (Å²) < 4.78 is 7.66. The quantitative estimate of drug-likeness (QED) is 0.807. The van der Waals surface area contributed by atoms with E-state index in [0.29, 0.717) is 11.3 Å². The summed E-state index contributed by atoms with van der Waals surface area (Å²) in [4.78, 5) is 0. The van der Waals surface area contributed by atoms with Crippen LogP contribution in [0.1, 0.15) is 38.6 Å². The lowest BCUT2D eigenvalue weighted by Gasteiger charge is -2.29. The van der Waals surface area contributed by atoms with Crippen molar-refractivity contribution in [2.24, 2.45) is 0 Å². The van der Waals surface area contributed by atoms with Crippen molar-refractivity contribution >= 4 is 11.8 Å². The van der Waals surface area contributed by atoms with E-state index in [1.54, 1.807) is 11.8 Å². The highest BCUT2D eigenvalue weighted by Gasteiger charge is 2.30. The highest BCUT2D eigenvalue weighted by molar-refractivity contribution is 7.99. The maximum atomic E-state index is 5.65. The van der Waals surface area contributed by atoms with E-state index in [0.717, 1.165) is 30.4 Å². The van der Waals surface area contributed by atoms with Crippen molar-refractivity contribution in [3.8, 4) is 0 Å². The third kappa shape index (κ3) is 1.60. The Balaban J connectivity index is 1.91. The van der Waals surface area contributed by atoms with E-state index in [1.165, 1.54) is 0 Å². The summed E-state index contributed by atoms with van der Waals surface area (Å²) in [6.07, 6.45) is 2.29. The Hall–Kier alpha value is -0.750. The van der Waals surface area contributed by atoms with Gasteiger partial charge in [-0.15, -0.1) is 10.2 Å². The van der Waals surface area contributed by atoms with E-state index in [1.807, 2.05) is 4.68 Å². The number of thioether (sulfide) groups is 1. The van der Waals surface area contributed by atoms with Crippen LogP contribution < -0.4 is 5.43 Å². The Morgan fingerprint density at radius 2 is 2.31 bits per heavy atom. The minimum absolute atomic E-state index is 0.120. The first kappa shape index (κ1) is 10.4. The summed E-state index contributed by atoms with van der Waals surface area (Å²) in [5.74, 6) is 0.929. The first-order chi connectivity index (χ1) is 7.75. The number of hydrogen-bond acceptors (Lipinski definition) is 5. The third-order valence-electron chi connectivity index (χ3n) is 3.20. The van der Waals surface area contributed by atoms with Crippen molar-refractivity contribution in [2.45, 2.75) is 49.2 Å². The number of rotatable bonds is 1. The second-order valence-corrected chi connectivity index (χ2v) is 5.76. The van der Waals surface area contributed by atoms with Crippen LogP contribution in [0.5, 0.6) is 0 Å². The summed E-state index contributed by atoms with van der Waals surface area (Å²) in [7, 11) is 0. The number of nitrogens with zero attached hydrogens (tertiary/aromatic N) is 3. The van der Waals surface area contributed by atoms with Gasteiger partial charge in [-0.25, -0.2) is 4.68 Å². The Morgan fingerprint density at radius 1 is 1.44 bits per heavy atom. The molecule has 2 aliphatic rings. The molecule has 3 atom stereocenters.